The third-order valence-corrected chi connectivity index (χ3v) is 4.89. The number of carboxylic acids is 1. The van der Waals surface area contributed by atoms with Crippen LogP contribution < -0.4 is 4.90 Å². The zero-order chi connectivity index (χ0) is 19.1. The van der Waals surface area contributed by atoms with Crippen LogP contribution in [0.15, 0.2) is 24.3 Å². The van der Waals surface area contributed by atoms with Gasteiger partial charge >= 0.3 is 11.9 Å². The maximum Gasteiger partial charge on any atom is 0.316 e. The number of fused-ring (bicyclic) bond motifs is 1. The average Bonchev–Trinajstić information content (AvgIpc) is 2.65. The quantitative estimate of drug-likeness (QED) is 0.437. The summed E-state index contributed by atoms with van der Waals surface area (Å²) < 4.78 is 4.84. The van der Waals surface area contributed by atoms with Crippen LogP contribution in [0.4, 0.5) is 5.69 Å². The molecule has 0 bridgehead atoms. The van der Waals surface area contributed by atoms with Crippen molar-refractivity contribution in [2.45, 2.75) is 45.4 Å². The second kappa shape index (κ2) is 9.36. The first-order valence-electron chi connectivity index (χ1n) is 9.19. The molecule has 1 aliphatic rings. The summed E-state index contributed by atoms with van der Waals surface area (Å²) in [5.41, 5.74) is 1.55. The number of methoxy groups -OCH3 is 1. The molecule has 2 atom stereocenters. The molecule has 1 amide bonds. The van der Waals surface area contributed by atoms with Gasteiger partial charge in [-0.15, -0.1) is 0 Å². The molecule has 0 saturated carbocycles. The summed E-state index contributed by atoms with van der Waals surface area (Å²) in [5.74, 6) is -3.50. The molecule has 0 radical (unpaired) electrons. The first kappa shape index (κ1) is 19.9. The Hall–Kier alpha value is -2.37. The first-order valence-corrected chi connectivity index (χ1v) is 9.19. The Balaban J connectivity index is 2.23. The SMILES string of the molecule is CCCCCCC(C(=O)O)C(=O)N1CC(C(=O)OC)Cc2ccccc21. The Morgan fingerprint density at radius 2 is 1.96 bits per heavy atom. The summed E-state index contributed by atoms with van der Waals surface area (Å²) in [6, 6.07) is 7.33. The van der Waals surface area contributed by atoms with Gasteiger partial charge in [-0.05, 0) is 24.5 Å². The van der Waals surface area contributed by atoms with Gasteiger partial charge in [0.05, 0.1) is 13.0 Å². The minimum Gasteiger partial charge on any atom is -0.481 e. The van der Waals surface area contributed by atoms with Gasteiger partial charge in [0.1, 0.15) is 5.92 Å². The highest BCUT2D eigenvalue weighted by atomic mass is 16.5. The topological polar surface area (TPSA) is 83.9 Å². The summed E-state index contributed by atoms with van der Waals surface area (Å²) in [4.78, 5) is 38.2. The van der Waals surface area contributed by atoms with Gasteiger partial charge in [0, 0.05) is 12.2 Å². The molecule has 2 rings (SSSR count). The number of hydrogen-bond acceptors (Lipinski definition) is 4. The number of unbranched alkanes of at least 4 members (excludes halogenated alkanes) is 3. The maximum absolute atomic E-state index is 13.0. The van der Waals surface area contributed by atoms with Crippen LogP contribution >= 0.6 is 0 Å². The van der Waals surface area contributed by atoms with E-state index in [1.165, 1.54) is 12.0 Å². The van der Waals surface area contributed by atoms with Crippen molar-refractivity contribution >= 4 is 23.5 Å². The third-order valence-electron chi connectivity index (χ3n) is 4.89. The summed E-state index contributed by atoms with van der Waals surface area (Å²) in [5, 5.41) is 9.56. The zero-order valence-corrected chi connectivity index (χ0v) is 15.4. The molecule has 0 aromatic heterocycles. The number of carboxylic acid groups (broad SMARTS) is 1. The zero-order valence-electron chi connectivity index (χ0n) is 15.4. The van der Waals surface area contributed by atoms with Crippen molar-refractivity contribution in [1.29, 1.82) is 0 Å². The van der Waals surface area contributed by atoms with E-state index in [4.69, 9.17) is 4.74 Å². The van der Waals surface area contributed by atoms with Crippen LogP contribution in [0.1, 0.15) is 44.6 Å². The van der Waals surface area contributed by atoms with E-state index in [0.717, 1.165) is 24.8 Å². The number of aliphatic carboxylic acids is 1. The Labute approximate surface area is 154 Å². The molecule has 6 heteroatoms. The highest BCUT2D eigenvalue weighted by Crippen LogP contribution is 2.32. The van der Waals surface area contributed by atoms with Crippen LogP contribution in [-0.2, 0) is 25.5 Å². The van der Waals surface area contributed by atoms with E-state index in [0.29, 0.717) is 24.9 Å². The molecule has 1 N–H and O–H groups in total. The van der Waals surface area contributed by atoms with Gasteiger partial charge < -0.3 is 14.7 Å². The van der Waals surface area contributed by atoms with Crippen molar-refractivity contribution in [3.8, 4) is 0 Å². The van der Waals surface area contributed by atoms with Crippen LogP contribution in [0.3, 0.4) is 0 Å². The number of nitrogens with zero attached hydrogens (tertiary/aromatic N) is 1. The molecule has 1 aliphatic heterocycles. The van der Waals surface area contributed by atoms with Gasteiger partial charge in [-0.25, -0.2) is 0 Å². The van der Waals surface area contributed by atoms with Crippen molar-refractivity contribution in [2.75, 3.05) is 18.6 Å². The van der Waals surface area contributed by atoms with Gasteiger partial charge in [0.25, 0.3) is 0 Å². The van der Waals surface area contributed by atoms with Gasteiger partial charge in [0.15, 0.2) is 0 Å². The van der Waals surface area contributed by atoms with Gasteiger partial charge in [-0.2, -0.15) is 0 Å². The number of benzene rings is 1. The number of hydrogen-bond donors (Lipinski definition) is 1. The van der Waals surface area contributed by atoms with E-state index in [9.17, 15) is 19.5 Å². The first-order chi connectivity index (χ1) is 12.5. The fraction of sp³-hybridized carbons (Fsp3) is 0.550. The number of ether oxygens (including phenoxy) is 1. The molecule has 1 aromatic carbocycles. The number of carbonyl (C=O) groups excluding carboxylic acids is 2. The lowest BCUT2D eigenvalue weighted by Gasteiger charge is -2.34. The second-order valence-electron chi connectivity index (χ2n) is 6.74. The van der Waals surface area contributed by atoms with Crippen LogP contribution in [0.25, 0.3) is 0 Å². The normalized spacial score (nSPS) is 17.3. The van der Waals surface area contributed by atoms with Crippen LogP contribution in [0, 0.1) is 11.8 Å². The van der Waals surface area contributed by atoms with Crippen LogP contribution in [-0.4, -0.2) is 36.6 Å². The van der Waals surface area contributed by atoms with E-state index >= 15 is 0 Å². The van der Waals surface area contributed by atoms with Gasteiger partial charge in [-0.3, -0.25) is 14.4 Å². The molecule has 6 nitrogen and oxygen atoms in total. The standard InChI is InChI=1S/C20H27NO5/c1-3-4-5-6-10-16(19(23)24)18(22)21-13-15(20(25)26-2)12-14-9-7-8-11-17(14)21/h7-9,11,15-16H,3-6,10,12-13H2,1-2H3,(H,23,24). The molecule has 26 heavy (non-hydrogen) atoms. The van der Waals surface area contributed by atoms with Gasteiger partial charge in [-0.1, -0.05) is 50.8 Å². The Kier molecular flexibility index (Phi) is 7.18. The van der Waals surface area contributed by atoms with E-state index in [1.807, 2.05) is 18.2 Å². The minimum absolute atomic E-state index is 0.154. The Morgan fingerprint density at radius 3 is 2.62 bits per heavy atom. The van der Waals surface area contributed by atoms with Crippen molar-refractivity contribution < 1.29 is 24.2 Å². The average molecular weight is 361 g/mol. The highest BCUT2D eigenvalue weighted by molar-refractivity contribution is 6.06. The lowest BCUT2D eigenvalue weighted by atomic mass is 9.90. The smallest absolute Gasteiger partial charge is 0.316 e. The van der Waals surface area contributed by atoms with E-state index < -0.39 is 23.7 Å². The molecule has 1 aromatic rings. The molecule has 0 fully saturated rings. The predicted molar refractivity (Wildman–Crippen MR) is 97.9 cm³/mol. The largest absolute Gasteiger partial charge is 0.481 e. The monoisotopic (exact) mass is 361 g/mol. The van der Waals surface area contributed by atoms with Crippen molar-refractivity contribution in [3.63, 3.8) is 0 Å². The number of esters is 1. The number of carbonyl (C=O) groups is 3. The minimum atomic E-state index is -1.11. The summed E-state index contributed by atoms with van der Waals surface area (Å²) in [6.07, 6.45) is 4.49. The van der Waals surface area contributed by atoms with E-state index in [-0.39, 0.29) is 12.5 Å². The number of para-hydroxylation sites is 1. The maximum atomic E-state index is 13.0. The Morgan fingerprint density at radius 1 is 1.23 bits per heavy atom. The number of anilines is 1. The fourth-order valence-corrected chi connectivity index (χ4v) is 3.44. The second-order valence-corrected chi connectivity index (χ2v) is 6.74. The van der Waals surface area contributed by atoms with Crippen molar-refractivity contribution in [2.24, 2.45) is 11.8 Å². The van der Waals surface area contributed by atoms with E-state index in [1.54, 1.807) is 6.07 Å². The molecule has 2 unspecified atom stereocenters. The molecule has 142 valence electrons. The van der Waals surface area contributed by atoms with Crippen LogP contribution in [0.2, 0.25) is 0 Å². The van der Waals surface area contributed by atoms with Crippen LogP contribution in [0.5, 0.6) is 0 Å². The molecule has 0 aliphatic carbocycles. The van der Waals surface area contributed by atoms with E-state index in [2.05, 4.69) is 6.92 Å². The van der Waals surface area contributed by atoms with Crippen molar-refractivity contribution in [1.82, 2.24) is 0 Å². The number of amides is 1. The predicted octanol–water partition coefficient (Wildman–Crippen LogP) is 3.04. The van der Waals surface area contributed by atoms with Crippen molar-refractivity contribution in [3.05, 3.63) is 29.8 Å². The summed E-state index contributed by atoms with van der Waals surface area (Å²) >= 11 is 0. The highest BCUT2D eigenvalue weighted by Gasteiger charge is 2.37. The molecule has 0 saturated heterocycles. The summed E-state index contributed by atoms with van der Waals surface area (Å²) in [7, 11) is 1.32. The fourth-order valence-electron chi connectivity index (χ4n) is 3.44. The summed E-state index contributed by atoms with van der Waals surface area (Å²) in [6.45, 7) is 2.23. The number of rotatable bonds is 8. The van der Waals surface area contributed by atoms with Gasteiger partial charge in [0.2, 0.25) is 5.91 Å². The third kappa shape index (κ3) is 4.62. The Bertz CT molecular complexity index is 657. The molecule has 0 spiro atoms. The molecule has 1 heterocycles. The lowest BCUT2D eigenvalue weighted by Crippen LogP contribution is -2.47. The molecular weight excluding hydrogens is 334 g/mol. The molecular formula is C20H27NO5. The lowest BCUT2D eigenvalue weighted by molar-refractivity contribution is -0.146.